The number of carboxylic acids is 1. The van der Waals surface area contributed by atoms with Crippen molar-refractivity contribution in [2.24, 2.45) is 0 Å². The Hall–Kier alpha value is -1.91. The van der Waals surface area contributed by atoms with Gasteiger partial charge in [0.05, 0.1) is 0 Å². The average molecular weight is 291 g/mol. The minimum absolute atomic E-state index is 0.449. The van der Waals surface area contributed by atoms with Crippen molar-refractivity contribution in [2.75, 3.05) is 7.05 Å². The van der Waals surface area contributed by atoms with Crippen LogP contribution in [0.15, 0.2) is 42.6 Å². The molecule has 0 aliphatic heterocycles. The number of likely N-dealkylation sites (N-methyl/N-ethyl adjacent to an activating group) is 1. The minimum Gasteiger partial charge on any atom is -0.480 e. The quantitative estimate of drug-likeness (QED) is 0.831. The van der Waals surface area contributed by atoms with Crippen LogP contribution in [0.4, 0.5) is 0 Å². The van der Waals surface area contributed by atoms with E-state index in [-0.39, 0.29) is 0 Å². The molecule has 2 aromatic rings. The molecular weight excluding hydrogens is 276 g/mol. The first-order valence-corrected chi connectivity index (χ1v) is 6.59. The predicted octanol–water partition coefficient (Wildman–Crippen LogP) is 2.62. The van der Waals surface area contributed by atoms with Gasteiger partial charge in [0.25, 0.3) is 0 Å². The van der Waals surface area contributed by atoms with Crippen molar-refractivity contribution in [1.29, 1.82) is 0 Å². The van der Waals surface area contributed by atoms with Crippen LogP contribution in [0.2, 0.25) is 5.15 Å². The molecule has 0 spiro atoms. The number of aromatic nitrogens is 1. The third kappa shape index (κ3) is 3.56. The van der Waals surface area contributed by atoms with Gasteiger partial charge in [-0.15, -0.1) is 0 Å². The van der Waals surface area contributed by atoms with E-state index in [4.69, 9.17) is 16.7 Å². The number of nitrogens with zero attached hydrogens (tertiary/aromatic N) is 1. The molecule has 0 aliphatic carbocycles. The average Bonchev–Trinajstić information content (AvgIpc) is 2.46. The fourth-order valence-corrected chi connectivity index (χ4v) is 2.04. The molecule has 5 heteroatoms. The normalized spacial score (nSPS) is 12.1. The maximum Gasteiger partial charge on any atom is 0.321 e. The fourth-order valence-electron chi connectivity index (χ4n) is 1.93. The molecule has 1 aromatic heterocycles. The van der Waals surface area contributed by atoms with Crippen LogP contribution in [0.3, 0.4) is 0 Å². The number of carbonyl (C=O) groups is 1. The molecule has 4 nitrogen and oxygen atoms in total. The second kappa shape index (κ2) is 6.50. The molecule has 0 saturated carbocycles. The van der Waals surface area contributed by atoms with Gasteiger partial charge >= 0.3 is 5.97 Å². The van der Waals surface area contributed by atoms with Gasteiger partial charge < -0.3 is 10.4 Å². The van der Waals surface area contributed by atoms with E-state index >= 15 is 0 Å². The summed E-state index contributed by atoms with van der Waals surface area (Å²) in [7, 11) is 1.65. The minimum atomic E-state index is -0.849. The van der Waals surface area contributed by atoms with E-state index in [1.807, 2.05) is 30.3 Å². The summed E-state index contributed by atoms with van der Waals surface area (Å²) in [5.41, 5.74) is 2.97. The zero-order chi connectivity index (χ0) is 14.5. The SMILES string of the molecule is CNC(Cc1ccc(-c2ccc(Cl)nc2)cc1)C(=O)O. The van der Waals surface area contributed by atoms with Crippen LogP contribution in [0.1, 0.15) is 5.56 Å². The largest absolute Gasteiger partial charge is 0.480 e. The molecule has 0 radical (unpaired) electrons. The van der Waals surface area contributed by atoms with E-state index in [2.05, 4.69) is 10.3 Å². The van der Waals surface area contributed by atoms with Crippen molar-refractivity contribution in [3.63, 3.8) is 0 Å². The van der Waals surface area contributed by atoms with Gasteiger partial charge in [-0.1, -0.05) is 35.9 Å². The van der Waals surface area contributed by atoms with E-state index < -0.39 is 12.0 Å². The van der Waals surface area contributed by atoms with E-state index in [1.54, 1.807) is 19.3 Å². The fraction of sp³-hybridized carbons (Fsp3) is 0.200. The number of nitrogens with one attached hydrogen (secondary N) is 1. The van der Waals surface area contributed by atoms with Gasteiger partial charge in [-0.05, 0) is 36.7 Å². The number of aliphatic carboxylic acids is 1. The number of pyridine rings is 1. The van der Waals surface area contributed by atoms with Crippen LogP contribution in [0, 0.1) is 0 Å². The Kier molecular flexibility index (Phi) is 4.71. The first kappa shape index (κ1) is 14.5. The van der Waals surface area contributed by atoms with Crippen molar-refractivity contribution in [3.05, 3.63) is 53.3 Å². The molecule has 20 heavy (non-hydrogen) atoms. The van der Waals surface area contributed by atoms with Crippen LogP contribution in [0.25, 0.3) is 11.1 Å². The first-order chi connectivity index (χ1) is 9.60. The van der Waals surface area contributed by atoms with E-state index in [0.717, 1.165) is 16.7 Å². The molecule has 1 aromatic carbocycles. The lowest BCUT2D eigenvalue weighted by Gasteiger charge is -2.11. The lowest BCUT2D eigenvalue weighted by molar-refractivity contribution is -0.139. The Morgan fingerprint density at radius 1 is 1.25 bits per heavy atom. The number of hydrogen-bond donors (Lipinski definition) is 2. The molecule has 1 heterocycles. The molecule has 0 amide bonds. The highest BCUT2D eigenvalue weighted by Gasteiger charge is 2.15. The number of rotatable bonds is 5. The summed E-state index contributed by atoms with van der Waals surface area (Å²) in [5, 5.41) is 12.2. The summed E-state index contributed by atoms with van der Waals surface area (Å²) in [6.45, 7) is 0. The highest BCUT2D eigenvalue weighted by atomic mass is 35.5. The maximum atomic E-state index is 11.0. The second-order valence-electron chi connectivity index (χ2n) is 4.45. The van der Waals surface area contributed by atoms with E-state index in [1.165, 1.54) is 0 Å². The summed E-state index contributed by atoms with van der Waals surface area (Å²) in [6, 6.07) is 10.8. The van der Waals surface area contributed by atoms with Crippen LogP contribution in [-0.2, 0) is 11.2 Å². The molecule has 104 valence electrons. The van der Waals surface area contributed by atoms with Crippen LogP contribution in [0.5, 0.6) is 0 Å². The van der Waals surface area contributed by atoms with Gasteiger partial charge in [-0.2, -0.15) is 0 Å². The van der Waals surface area contributed by atoms with Crippen molar-refractivity contribution in [2.45, 2.75) is 12.5 Å². The zero-order valence-corrected chi connectivity index (χ0v) is 11.8. The first-order valence-electron chi connectivity index (χ1n) is 6.21. The monoisotopic (exact) mass is 290 g/mol. The van der Waals surface area contributed by atoms with Crippen LogP contribution >= 0.6 is 11.6 Å². The molecule has 0 saturated heterocycles. The van der Waals surface area contributed by atoms with Gasteiger partial charge in [0.15, 0.2) is 0 Å². The lowest BCUT2D eigenvalue weighted by atomic mass is 10.0. The Labute approximate surface area is 122 Å². The highest BCUT2D eigenvalue weighted by Crippen LogP contribution is 2.20. The molecule has 0 bridgehead atoms. The lowest BCUT2D eigenvalue weighted by Crippen LogP contribution is -2.35. The van der Waals surface area contributed by atoms with Crippen molar-refractivity contribution < 1.29 is 9.90 Å². The zero-order valence-electron chi connectivity index (χ0n) is 11.0. The van der Waals surface area contributed by atoms with E-state index in [0.29, 0.717) is 11.6 Å². The molecule has 0 aliphatic rings. The van der Waals surface area contributed by atoms with Gasteiger partial charge in [-0.25, -0.2) is 4.98 Å². The standard InChI is InChI=1S/C15H15ClN2O2/c1-17-13(15(19)20)8-10-2-4-11(5-3-10)12-6-7-14(16)18-9-12/h2-7,9,13,17H,8H2,1H3,(H,19,20). The van der Waals surface area contributed by atoms with Crippen molar-refractivity contribution in [1.82, 2.24) is 10.3 Å². The summed E-state index contributed by atoms with van der Waals surface area (Å²) >= 11 is 5.75. The summed E-state index contributed by atoms with van der Waals surface area (Å²) in [4.78, 5) is 15.0. The van der Waals surface area contributed by atoms with E-state index in [9.17, 15) is 4.79 Å². The third-order valence-corrected chi connectivity index (χ3v) is 3.32. The molecule has 2 rings (SSSR count). The van der Waals surface area contributed by atoms with Crippen molar-refractivity contribution >= 4 is 17.6 Å². The van der Waals surface area contributed by atoms with Crippen LogP contribution in [-0.4, -0.2) is 29.1 Å². The predicted molar refractivity (Wildman–Crippen MR) is 78.9 cm³/mol. The van der Waals surface area contributed by atoms with Gasteiger partial charge in [0, 0.05) is 11.8 Å². The highest BCUT2D eigenvalue weighted by molar-refractivity contribution is 6.29. The number of hydrogen-bond acceptors (Lipinski definition) is 3. The molecule has 1 atom stereocenters. The van der Waals surface area contributed by atoms with Crippen LogP contribution < -0.4 is 5.32 Å². The Morgan fingerprint density at radius 3 is 2.40 bits per heavy atom. The second-order valence-corrected chi connectivity index (χ2v) is 4.84. The van der Waals surface area contributed by atoms with Crippen molar-refractivity contribution in [3.8, 4) is 11.1 Å². The Bertz CT molecular complexity index is 582. The molecule has 2 N–H and O–H groups in total. The maximum absolute atomic E-state index is 11.0. The summed E-state index contributed by atoms with van der Waals surface area (Å²) in [5.74, 6) is -0.849. The molecule has 1 unspecified atom stereocenters. The third-order valence-electron chi connectivity index (χ3n) is 3.10. The molecular formula is C15H15ClN2O2. The van der Waals surface area contributed by atoms with Gasteiger partial charge in [0.1, 0.15) is 11.2 Å². The van der Waals surface area contributed by atoms with Gasteiger partial charge in [0.2, 0.25) is 0 Å². The van der Waals surface area contributed by atoms with Gasteiger partial charge in [-0.3, -0.25) is 4.79 Å². The number of benzene rings is 1. The number of halogens is 1. The smallest absolute Gasteiger partial charge is 0.321 e. The number of carboxylic acid groups (broad SMARTS) is 1. The molecule has 0 fully saturated rings. The summed E-state index contributed by atoms with van der Waals surface area (Å²) in [6.07, 6.45) is 2.16. The Morgan fingerprint density at radius 2 is 1.90 bits per heavy atom. The topological polar surface area (TPSA) is 62.2 Å². The Balaban J connectivity index is 2.13. The summed E-state index contributed by atoms with van der Waals surface area (Å²) < 4.78 is 0.